The van der Waals surface area contributed by atoms with Crippen molar-refractivity contribution in [2.24, 2.45) is 0 Å². The van der Waals surface area contributed by atoms with E-state index in [4.69, 9.17) is 10.8 Å². The van der Waals surface area contributed by atoms with Gasteiger partial charge in [-0.15, -0.1) is 11.3 Å². The maximum Gasteiger partial charge on any atom is 0.335 e. The van der Waals surface area contributed by atoms with Crippen LogP contribution in [0.2, 0.25) is 0 Å². The first-order valence-corrected chi connectivity index (χ1v) is 8.07. The van der Waals surface area contributed by atoms with Gasteiger partial charge in [0.15, 0.2) is 0 Å². The first-order chi connectivity index (χ1) is 9.81. The molecule has 1 aromatic heterocycles. The summed E-state index contributed by atoms with van der Waals surface area (Å²) in [5.41, 5.74) is 6.62. The van der Waals surface area contributed by atoms with Crippen LogP contribution in [0.3, 0.4) is 0 Å². The smallest absolute Gasteiger partial charge is 0.335 e. The van der Waals surface area contributed by atoms with Crippen molar-refractivity contribution in [1.29, 1.82) is 0 Å². The lowest BCUT2D eigenvalue weighted by molar-refractivity contribution is 0.0697. The summed E-state index contributed by atoms with van der Waals surface area (Å²) in [5, 5.41) is 8.91. The highest BCUT2D eigenvalue weighted by molar-refractivity contribution is 9.13. The van der Waals surface area contributed by atoms with Gasteiger partial charge in [-0.05, 0) is 56.1 Å². The van der Waals surface area contributed by atoms with Gasteiger partial charge in [-0.3, -0.25) is 4.79 Å². The maximum atomic E-state index is 12.4. The van der Waals surface area contributed by atoms with Crippen LogP contribution < -0.4 is 10.6 Å². The first kappa shape index (κ1) is 16.0. The summed E-state index contributed by atoms with van der Waals surface area (Å²) in [6, 6.07) is 5.99. The van der Waals surface area contributed by atoms with E-state index >= 15 is 0 Å². The molecule has 0 aliphatic rings. The number of amides is 1. The standard InChI is InChI=1S/C13H10Br2N2O3S/c1-17(12(18)10-5-7(14)11(15)21-10)9-3-2-6(13(19)20)4-8(9)16/h2-5H,16H2,1H3,(H,19,20). The van der Waals surface area contributed by atoms with Gasteiger partial charge in [0, 0.05) is 11.5 Å². The van der Waals surface area contributed by atoms with Crippen molar-refractivity contribution in [3.63, 3.8) is 0 Å². The molecule has 0 bridgehead atoms. The largest absolute Gasteiger partial charge is 0.478 e. The number of carboxylic acids is 1. The molecule has 1 amide bonds. The van der Waals surface area contributed by atoms with E-state index in [-0.39, 0.29) is 17.2 Å². The third-order valence-corrected chi connectivity index (χ3v) is 6.04. The summed E-state index contributed by atoms with van der Waals surface area (Å²) in [6.45, 7) is 0. The van der Waals surface area contributed by atoms with Crippen LogP contribution >= 0.6 is 43.2 Å². The predicted octanol–water partition coefficient (Wildman–Crippen LogP) is 3.83. The van der Waals surface area contributed by atoms with E-state index in [1.54, 1.807) is 13.1 Å². The number of hydrogen-bond donors (Lipinski definition) is 2. The van der Waals surface area contributed by atoms with Crippen LogP contribution in [0, 0.1) is 0 Å². The maximum absolute atomic E-state index is 12.4. The van der Waals surface area contributed by atoms with Gasteiger partial charge in [-0.1, -0.05) is 0 Å². The van der Waals surface area contributed by atoms with Crippen LogP contribution in [-0.4, -0.2) is 24.0 Å². The topological polar surface area (TPSA) is 83.6 Å². The lowest BCUT2D eigenvalue weighted by Gasteiger charge is -2.18. The summed E-state index contributed by atoms with van der Waals surface area (Å²) in [4.78, 5) is 25.2. The molecule has 0 fully saturated rings. The summed E-state index contributed by atoms with van der Waals surface area (Å²) < 4.78 is 1.63. The Hall–Kier alpha value is -1.38. The Morgan fingerprint density at radius 2 is 1.95 bits per heavy atom. The van der Waals surface area contributed by atoms with Crippen LogP contribution in [0.4, 0.5) is 11.4 Å². The van der Waals surface area contributed by atoms with E-state index < -0.39 is 5.97 Å². The van der Waals surface area contributed by atoms with Crippen molar-refractivity contribution in [2.45, 2.75) is 0 Å². The number of hydrogen-bond acceptors (Lipinski definition) is 4. The lowest BCUT2D eigenvalue weighted by atomic mass is 10.1. The van der Waals surface area contributed by atoms with Gasteiger partial charge in [0.2, 0.25) is 0 Å². The van der Waals surface area contributed by atoms with Gasteiger partial charge in [-0.25, -0.2) is 4.79 Å². The van der Waals surface area contributed by atoms with Crippen molar-refractivity contribution in [3.05, 3.63) is 43.0 Å². The zero-order chi connectivity index (χ0) is 15.7. The molecule has 0 spiro atoms. The molecule has 0 unspecified atom stereocenters. The Labute approximate surface area is 141 Å². The minimum absolute atomic E-state index is 0.0821. The van der Waals surface area contributed by atoms with Gasteiger partial charge in [-0.2, -0.15) is 0 Å². The second-order valence-corrected chi connectivity index (χ2v) is 7.40. The van der Waals surface area contributed by atoms with Crippen LogP contribution in [0.25, 0.3) is 0 Å². The Balaban J connectivity index is 2.33. The fourth-order valence-electron chi connectivity index (χ4n) is 1.72. The van der Waals surface area contributed by atoms with Gasteiger partial charge in [0.05, 0.1) is 25.6 Å². The third-order valence-electron chi connectivity index (χ3n) is 2.80. The minimum Gasteiger partial charge on any atom is -0.478 e. The second kappa shape index (κ2) is 6.17. The molecule has 0 atom stereocenters. The average molecular weight is 434 g/mol. The van der Waals surface area contributed by atoms with E-state index in [0.717, 1.165) is 8.26 Å². The molecule has 0 radical (unpaired) electrons. The molecule has 2 rings (SSSR count). The third kappa shape index (κ3) is 3.28. The molecule has 1 heterocycles. The zero-order valence-corrected chi connectivity index (χ0v) is 14.8. The molecule has 0 aliphatic heterocycles. The van der Waals surface area contributed by atoms with E-state index in [1.807, 2.05) is 0 Å². The van der Waals surface area contributed by atoms with Crippen molar-refractivity contribution in [3.8, 4) is 0 Å². The molecule has 0 aliphatic carbocycles. The fraction of sp³-hybridized carbons (Fsp3) is 0.0769. The molecule has 0 saturated carbocycles. The number of benzene rings is 1. The van der Waals surface area contributed by atoms with Crippen molar-refractivity contribution >= 4 is 66.4 Å². The quantitative estimate of drug-likeness (QED) is 0.720. The fourth-order valence-corrected chi connectivity index (χ4v) is 3.73. The summed E-state index contributed by atoms with van der Waals surface area (Å²) in [6.07, 6.45) is 0. The van der Waals surface area contributed by atoms with Gasteiger partial charge in [0.1, 0.15) is 0 Å². The van der Waals surface area contributed by atoms with Crippen LogP contribution in [0.5, 0.6) is 0 Å². The number of thiophene rings is 1. The van der Waals surface area contributed by atoms with Gasteiger partial charge >= 0.3 is 5.97 Å². The number of carboxylic acid groups (broad SMARTS) is 1. The highest BCUT2D eigenvalue weighted by atomic mass is 79.9. The number of rotatable bonds is 3. The molecule has 2 aromatic rings. The van der Waals surface area contributed by atoms with Crippen LogP contribution in [0.15, 0.2) is 32.5 Å². The number of nitrogens with two attached hydrogens (primary N) is 1. The number of aromatic carboxylic acids is 1. The van der Waals surface area contributed by atoms with Gasteiger partial charge in [0.25, 0.3) is 5.91 Å². The van der Waals surface area contributed by atoms with Crippen LogP contribution in [0.1, 0.15) is 20.0 Å². The number of carbonyl (C=O) groups is 2. The van der Waals surface area contributed by atoms with E-state index in [1.165, 1.54) is 34.4 Å². The summed E-state index contributed by atoms with van der Waals surface area (Å²) in [5.74, 6) is -1.28. The minimum atomic E-state index is -1.06. The monoisotopic (exact) mass is 432 g/mol. The number of nitrogens with zero attached hydrogens (tertiary/aromatic N) is 1. The van der Waals surface area contributed by atoms with E-state index in [0.29, 0.717) is 10.6 Å². The molecule has 0 saturated heterocycles. The van der Waals surface area contributed by atoms with Gasteiger partial charge < -0.3 is 15.7 Å². The molecule has 110 valence electrons. The van der Waals surface area contributed by atoms with Crippen molar-refractivity contribution in [1.82, 2.24) is 0 Å². The van der Waals surface area contributed by atoms with Crippen LogP contribution in [-0.2, 0) is 0 Å². The molecule has 3 N–H and O–H groups in total. The summed E-state index contributed by atoms with van der Waals surface area (Å²) >= 11 is 7.98. The Bertz CT molecular complexity index is 711. The Morgan fingerprint density at radius 3 is 2.43 bits per heavy atom. The number of halogens is 2. The predicted molar refractivity (Wildman–Crippen MR) is 90.3 cm³/mol. The van der Waals surface area contributed by atoms with Crippen molar-refractivity contribution < 1.29 is 14.7 Å². The number of nitrogen functional groups attached to an aromatic ring is 1. The zero-order valence-electron chi connectivity index (χ0n) is 10.8. The molecule has 21 heavy (non-hydrogen) atoms. The van der Waals surface area contributed by atoms with E-state index in [2.05, 4.69) is 31.9 Å². The Morgan fingerprint density at radius 1 is 1.29 bits per heavy atom. The molecule has 1 aromatic carbocycles. The summed E-state index contributed by atoms with van der Waals surface area (Å²) in [7, 11) is 1.59. The second-order valence-electron chi connectivity index (χ2n) is 4.18. The molecule has 5 nitrogen and oxygen atoms in total. The number of carbonyl (C=O) groups excluding carboxylic acids is 1. The highest BCUT2D eigenvalue weighted by Crippen LogP contribution is 2.34. The highest BCUT2D eigenvalue weighted by Gasteiger charge is 2.19. The number of anilines is 2. The molecular formula is C13H10Br2N2O3S. The Kier molecular flexibility index (Phi) is 4.70. The lowest BCUT2D eigenvalue weighted by Crippen LogP contribution is -2.26. The van der Waals surface area contributed by atoms with E-state index in [9.17, 15) is 9.59 Å². The SMILES string of the molecule is CN(C(=O)c1cc(Br)c(Br)s1)c1ccc(C(=O)O)cc1N. The average Bonchev–Trinajstić information content (AvgIpc) is 2.77. The van der Waals surface area contributed by atoms with Crippen molar-refractivity contribution in [2.75, 3.05) is 17.7 Å². The normalized spacial score (nSPS) is 10.4. The molecular weight excluding hydrogens is 424 g/mol. The molecule has 8 heteroatoms. The first-order valence-electron chi connectivity index (χ1n) is 5.67.